The van der Waals surface area contributed by atoms with Crippen molar-refractivity contribution in [3.05, 3.63) is 22.8 Å². The van der Waals surface area contributed by atoms with Gasteiger partial charge in [0.1, 0.15) is 5.82 Å². The van der Waals surface area contributed by atoms with Gasteiger partial charge in [0.2, 0.25) is 5.91 Å². The molecule has 0 unspecified atom stereocenters. The zero-order valence-corrected chi connectivity index (χ0v) is 14.4. The first-order valence-electron chi connectivity index (χ1n) is 8.33. The van der Waals surface area contributed by atoms with E-state index in [1.165, 1.54) is 0 Å². The van der Waals surface area contributed by atoms with Crippen LogP contribution in [0.15, 0.2) is 12.3 Å². The number of rotatable bonds is 2. The first-order valence-corrected chi connectivity index (χ1v) is 8.71. The molecule has 2 aliphatic heterocycles. The van der Waals surface area contributed by atoms with Gasteiger partial charge in [0.05, 0.1) is 10.6 Å². The number of piperazine rings is 1. The predicted molar refractivity (Wildman–Crippen MR) is 88.6 cm³/mol. The van der Waals surface area contributed by atoms with Crippen LogP contribution in [-0.2, 0) is 11.0 Å². The lowest BCUT2D eigenvalue weighted by atomic mass is 9.95. The van der Waals surface area contributed by atoms with Crippen LogP contribution in [0, 0.1) is 5.92 Å². The van der Waals surface area contributed by atoms with E-state index in [2.05, 4.69) is 10.3 Å². The summed E-state index contributed by atoms with van der Waals surface area (Å²) in [5.74, 6) is 0.484. The average molecular weight is 377 g/mol. The van der Waals surface area contributed by atoms with Gasteiger partial charge in [-0.25, -0.2) is 4.98 Å². The fourth-order valence-electron chi connectivity index (χ4n) is 3.30. The Balaban J connectivity index is 1.61. The first-order chi connectivity index (χ1) is 11.9. The third-order valence-corrected chi connectivity index (χ3v) is 5.00. The summed E-state index contributed by atoms with van der Waals surface area (Å²) in [6.45, 7) is 4.20. The molecule has 9 heteroatoms. The summed E-state index contributed by atoms with van der Waals surface area (Å²) in [4.78, 5) is 20.2. The summed E-state index contributed by atoms with van der Waals surface area (Å²) < 4.78 is 38.1. The Hall–Kier alpha value is -1.54. The Labute approximate surface area is 149 Å². The van der Waals surface area contributed by atoms with Crippen LogP contribution >= 0.6 is 11.6 Å². The van der Waals surface area contributed by atoms with E-state index in [4.69, 9.17) is 11.6 Å². The average Bonchev–Trinajstić information content (AvgIpc) is 2.61. The summed E-state index contributed by atoms with van der Waals surface area (Å²) in [6, 6.07) is 0.905. The molecule has 0 aliphatic carbocycles. The molecule has 0 aromatic carbocycles. The smallest absolute Gasteiger partial charge is 0.355 e. The highest BCUT2D eigenvalue weighted by Gasteiger charge is 2.33. The number of pyridine rings is 1. The quantitative estimate of drug-likeness (QED) is 0.861. The molecule has 5 nitrogen and oxygen atoms in total. The highest BCUT2D eigenvalue weighted by molar-refractivity contribution is 6.33. The van der Waals surface area contributed by atoms with Crippen molar-refractivity contribution in [1.82, 2.24) is 15.2 Å². The van der Waals surface area contributed by atoms with Crippen molar-refractivity contribution < 1.29 is 18.0 Å². The SMILES string of the molecule is O=C(C1CCN(c2ncc(C(F)(F)F)cc2Cl)CC1)N1CCNCC1. The van der Waals surface area contributed by atoms with Gasteiger partial charge in [-0.1, -0.05) is 11.6 Å². The van der Waals surface area contributed by atoms with Crippen molar-refractivity contribution in [2.75, 3.05) is 44.2 Å². The van der Waals surface area contributed by atoms with Crippen molar-refractivity contribution in [3.63, 3.8) is 0 Å². The molecular weight excluding hydrogens is 357 g/mol. The second kappa shape index (κ2) is 7.37. The summed E-state index contributed by atoms with van der Waals surface area (Å²) in [5, 5.41) is 3.20. The standard InChI is InChI=1S/C16H20ClF3N4O/c17-13-9-12(16(18,19)20)10-22-14(13)23-5-1-11(2-6-23)15(25)24-7-3-21-4-8-24/h9-11,21H,1-8H2. The minimum atomic E-state index is -4.46. The maximum Gasteiger partial charge on any atom is 0.417 e. The Morgan fingerprint density at radius 1 is 1.20 bits per heavy atom. The van der Waals surface area contributed by atoms with Crippen molar-refractivity contribution in [1.29, 1.82) is 0 Å². The van der Waals surface area contributed by atoms with Crippen molar-refractivity contribution >= 4 is 23.3 Å². The van der Waals surface area contributed by atoms with Crippen LogP contribution in [0.2, 0.25) is 5.02 Å². The van der Waals surface area contributed by atoms with Crippen LogP contribution in [0.25, 0.3) is 0 Å². The Morgan fingerprint density at radius 3 is 2.40 bits per heavy atom. The molecule has 2 aliphatic rings. The van der Waals surface area contributed by atoms with Gasteiger partial charge in [0, 0.05) is 51.4 Å². The fourth-order valence-corrected chi connectivity index (χ4v) is 3.59. The number of carbonyl (C=O) groups is 1. The molecule has 2 fully saturated rings. The number of halogens is 4. The van der Waals surface area contributed by atoms with Gasteiger partial charge in [-0.2, -0.15) is 13.2 Å². The Kier molecular flexibility index (Phi) is 5.38. The number of alkyl halides is 3. The van der Waals surface area contributed by atoms with Crippen molar-refractivity contribution in [2.24, 2.45) is 5.92 Å². The van der Waals surface area contributed by atoms with Gasteiger partial charge in [0.25, 0.3) is 0 Å². The number of aromatic nitrogens is 1. The zero-order chi connectivity index (χ0) is 18.0. The molecule has 1 N–H and O–H groups in total. The number of hydrogen-bond acceptors (Lipinski definition) is 4. The lowest BCUT2D eigenvalue weighted by molar-refractivity contribution is -0.138. The molecule has 1 aromatic rings. The number of piperidine rings is 1. The summed E-state index contributed by atoms with van der Waals surface area (Å²) >= 11 is 6.00. The fraction of sp³-hybridized carbons (Fsp3) is 0.625. The van der Waals surface area contributed by atoms with E-state index in [1.807, 2.05) is 9.80 Å². The molecule has 138 valence electrons. The summed E-state index contributed by atoms with van der Waals surface area (Å²) in [6.07, 6.45) is -2.35. The minimum Gasteiger partial charge on any atom is -0.355 e. The maximum absolute atomic E-state index is 12.7. The highest BCUT2D eigenvalue weighted by Crippen LogP contribution is 2.34. The van der Waals surface area contributed by atoms with Crippen molar-refractivity contribution in [2.45, 2.75) is 19.0 Å². The summed E-state index contributed by atoms with van der Waals surface area (Å²) in [7, 11) is 0. The second-order valence-corrected chi connectivity index (χ2v) is 6.77. The molecule has 1 amide bonds. The normalized spacial score (nSPS) is 20.0. The molecule has 1 aromatic heterocycles. The van der Waals surface area contributed by atoms with E-state index in [-0.39, 0.29) is 16.8 Å². The molecule has 25 heavy (non-hydrogen) atoms. The zero-order valence-electron chi connectivity index (χ0n) is 13.7. The largest absolute Gasteiger partial charge is 0.417 e. The minimum absolute atomic E-state index is 0.0123. The Bertz CT molecular complexity index is 626. The number of nitrogens with one attached hydrogen (secondary N) is 1. The molecule has 2 saturated heterocycles. The summed E-state index contributed by atoms with van der Waals surface area (Å²) in [5.41, 5.74) is -0.856. The second-order valence-electron chi connectivity index (χ2n) is 6.36. The Morgan fingerprint density at radius 2 is 1.84 bits per heavy atom. The molecule has 0 bridgehead atoms. The van der Waals surface area contributed by atoms with Crippen LogP contribution in [0.1, 0.15) is 18.4 Å². The van der Waals surface area contributed by atoms with Crippen LogP contribution in [0.5, 0.6) is 0 Å². The van der Waals surface area contributed by atoms with E-state index in [0.717, 1.165) is 38.4 Å². The monoisotopic (exact) mass is 376 g/mol. The van der Waals surface area contributed by atoms with Gasteiger partial charge in [-0.05, 0) is 18.9 Å². The number of carbonyl (C=O) groups excluding carboxylic acids is 1. The molecular formula is C16H20ClF3N4O. The van der Waals surface area contributed by atoms with Crippen LogP contribution in [-0.4, -0.2) is 55.1 Å². The molecule has 0 radical (unpaired) electrons. The van der Waals surface area contributed by atoms with E-state index < -0.39 is 11.7 Å². The molecule has 0 saturated carbocycles. The van der Waals surface area contributed by atoms with Crippen LogP contribution < -0.4 is 10.2 Å². The lowest BCUT2D eigenvalue weighted by Crippen LogP contribution is -2.50. The molecule has 0 atom stereocenters. The van der Waals surface area contributed by atoms with Crippen molar-refractivity contribution in [3.8, 4) is 0 Å². The van der Waals surface area contributed by atoms with E-state index in [9.17, 15) is 18.0 Å². The van der Waals surface area contributed by atoms with Gasteiger partial charge in [-0.15, -0.1) is 0 Å². The number of hydrogen-bond donors (Lipinski definition) is 1. The first kappa shape index (κ1) is 18.3. The van der Waals surface area contributed by atoms with Crippen LogP contribution in [0.3, 0.4) is 0 Å². The predicted octanol–water partition coefficient (Wildman–Crippen LogP) is 2.40. The van der Waals surface area contributed by atoms with Gasteiger partial charge in [-0.3, -0.25) is 4.79 Å². The number of anilines is 1. The lowest BCUT2D eigenvalue weighted by Gasteiger charge is -2.36. The topological polar surface area (TPSA) is 48.5 Å². The third-order valence-electron chi connectivity index (χ3n) is 4.72. The number of nitrogens with zero attached hydrogens (tertiary/aromatic N) is 3. The van der Waals surface area contributed by atoms with Gasteiger partial charge in [0.15, 0.2) is 0 Å². The van der Waals surface area contributed by atoms with Gasteiger partial charge >= 0.3 is 6.18 Å². The van der Waals surface area contributed by atoms with E-state index >= 15 is 0 Å². The molecule has 3 heterocycles. The number of amides is 1. The van der Waals surface area contributed by atoms with Crippen LogP contribution in [0.4, 0.5) is 19.0 Å². The highest BCUT2D eigenvalue weighted by atomic mass is 35.5. The van der Waals surface area contributed by atoms with E-state index in [0.29, 0.717) is 31.7 Å². The molecule has 0 spiro atoms. The van der Waals surface area contributed by atoms with E-state index in [1.54, 1.807) is 0 Å². The third kappa shape index (κ3) is 4.17. The maximum atomic E-state index is 12.7. The molecule has 3 rings (SSSR count). The van der Waals surface area contributed by atoms with Gasteiger partial charge < -0.3 is 15.1 Å².